The average Bonchev–Trinajstić information content (AvgIpc) is 2.62. The van der Waals surface area contributed by atoms with E-state index in [9.17, 15) is 9.18 Å². The van der Waals surface area contributed by atoms with Crippen LogP contribution >= 0.6 is 0 Å². The predicted octanol–water partition coefficient (Wildman–Crippen LogP) is 4.85. The first-order valence-corrected chi connectivity index (χ1v) is 9.88. The van der Waals surface area contributed by atoms with Crippen molar-refractivity contribution < 1.29 is 9.18 Å². The van der Waals surface area contributed by atoms with E-state index in [1.807, 2.05) is 12.1 Å². The van der Waals surface area contributed by atoms with Crippen LogP contribution in [0.2, 0.25) is 0 Å². The molecular formula is C22H24FN3O. The van der Waals surface area contributed by atoms with Gasteiger partial charge in [-0.2, -0.15) is 0 Å². The van der Waals surface area contributed by atoms with Crippen molar-refractivity contribution in [2.45, 2.75) is 44.1 Å². The maximum Gasteiger partial charge on any atom is 0.255 e. The summed E-state index contributed by atoms with van der Waals surface area (Å²) in [5.41, 5.74) is 1.29. The number of nitrogens with one attached hydrogen (secondary N) is 2. The molecule has 0 spiro atoms. The fourth-order valence-corrected chi connectivity index (χ4v) is 5.88. The van der Waals surface area contributed by atoms with Crippen LogP contribution in [0.1, 0.15) is 48.9 Å². The van der Waals surface area contributed by atoms with Crippen molar-refractivity contribution in [3.8, 4) is 0 Å². The molecule has 6 rings (SSSR count). The Hall–Kier alpha value is -2.43. The maximum absolute atomic E-state index is 13.0. The highest BCUT2D eigenvalue weighted by Crippen LogP contribution is 2.56. The number of aromatic nitrogens is 1. The summed E-state index contributed by atoms with van der Waals surface area (Å²) < 4.78 is 13.0. The molecule has 1 aromatic heterocycles. The van der Waals surface area contributed by atoms with E-state index in [4.69, 9.17) is 0 Å². The Kier molecular flexibility index (Phi) is 3.92. The topological polar surface area (TPSA) is 54.0 Å². The normalized spacial score (nSPS) is 30.9. The van der Waals surface area contributed by atoms with Crippen LogP contribution in [0.4, 0.5) is 15.9 Å². The lowest BCUT2D eigenvalue weighted by atomic mass is 9.53. The molecule has 1 aromatic carbocycles. The Morgan fingerprint density at radius 2 is 1.59 bits per heavy atom. The van der Waals surface area contributed by atoms with Gasteiger partial charge in [-0.25, -0.2) is 9.37 Å². The van der Waals surface area contributed by atoms with Crippen molar-refractivity contribution in [2.24, 2.45) is 17.8 Å². The summed E-state index contributed by atoms with van der Waals surface area (Å²) in [6, 6.07) is 9.33. The van der Waals surface area contributed by atoms with Gasteiger partial charge in [0, 0.05) is 11.1 Å². The number of pyridine rings is 1. The van der Waals surface area contributed by atoms with Crippen LogP contribution in [-0.2, 0) is 0 Å². The molecule has 2 aromatic rings. The lowest BCUT2D eigenvalue weighted by Crippen LogP contribution is -2.54. The van der Waals surface area contributed by atoms with E-state index in [-0.39, 0.29) is 17.3 Å². The molecule has 2 N–H and O–H groups in total. The van der Waals surface area contributed by atoms with E-state index >= 15 is 0 Å². The highest BCUT2D eigenvalue weighted by Gasteiger charge is 2.51. The Balaban J connectivity index is 1.25. The van der Waals surface area contributed by atoms with Crippen LogP contribution in [-0.4, -0.2) is 16.4 Å². The van der Waals surface area contributed by atoms with Crippen molar-refractivity contribution in [3.63, 3.8) is 0 Å². The minimum atomic E-state index is -0.353. The molecule has 0 atom stereocenters. The molecule has 27 heavy (non-hydrogen) atoms. The van der Waals surface area contributed by atoms with E-state index in [1.54, 1.807) is 6.20 Å². The summed E-state index contributed by atoms with van der Waals surface area (Å²) in [7, 11) is 0. The zero-order chi connectivity index (χ0) is 18.4. The molecule has 5 heteroatoms. The van der Waals surface area contributed by atoms with Gasteiger partial charge in [-0.15, -0.1) is 0 Å². The molecule has 4 fully saturated rings. The van der Waals surface area contributed by atoms with E-state index in [0.29, 0.717) is 11.3 Å². The molecule has 1 amide bonds. The van der Waals surface area contributed by atoms with E-state index in [1.165, 1.54) is 62.8 Å². The van der Waals surface area contributed by atoms with Gasteiger partial charge in [0.25, 0.3) is 5.91 Å². The van der Waals surface area contributed by atoms with Gasteiger partial charge in [0.05, 0.1) is 11.9 Å². The number of benzene rings is 1. The molecule has 0 saturated heterocycles. The predicted molar refractivity (Wildman–Crippen MR) is 103 cm³/mol. The summed E-state index contributed by atoms with van der Waals surface area (Å²) in [5.74, 6) is 2.93. The SMILES string of the molecule is O=C(Nc1ccc(NC23CC4CC(CC(C4)C2)C3)nc1)c1ccc(F)cc1. The third-order valence-corrected chi connectivity index (χ3v) is 6.56. The number of hydrogen-bond donors (Lipinski definition) is 2. The van der Waals surface area contributed by atoms with Gasteiger partial charge in [0.1, 0.15) is 11.6 Å². The highest BCUT2D eigenvalue weighted by molar-refractivity contribution is 6.04. The smallest absolute Gasteiger partial charge is 0.255 e. The van der Waals surface area contributed by atoms with Gasteiger partial charge in [-0.05, 0) is 92.7 Å². The van der Waals surface area contributed by atoms with Crippen LogP contribution in [0.25, 0.3) is 0 Å². The summed E-state index contributed by atoms with van der Waals surface area (Å²) in [4.78, 5) is 16.8. The first-order chi connectivity index (χ1) is 13.1. The summed E-state index contributed by atoms with van der Waals surface area (Å²) in [6.07, 6.45) is 9.75. The van der Waals surface area contributed by atoms with Crippen molar-refractivity contribution in [1.82, 2.24) is 4.98 Å². The fourth-order valence-electron chi connectivity index (χ4n) is 5.88. The molecule has 4 aliphatic rings. The van der Waals surface area contributed by atoms with Gasteiger partial charge in [-0.3, -0.25) is 4.79 Å². The number of amides is 1. The number of rotatable bonds is 4. The minimum Gasteiger partial charge on any atom is -0.365 e. The summed E-state index contributed by atoms with van der Waals surface area (Å²) in [6.45, 7) is 0. The molecular weight excluding hydrogens is 341 g/mol. The molecule has 4 saturated carbocycles. The zero-order valence-electron chi connectivity index (χ0n) is 15.2. The van der Waals surface area contributed by atoms with E-state index in [0.717, 1.165) is 23.6 Å². The molecule has 4 bridgehead atoms. The third-order valence-electron chi connectivity index (χ3n) is 6.56. The van der Waals surface area contributed by atoms with Crippen molar-refractivity contribution in [3.05, 3.63) is 54.0 Å². The first kappa shape index (κ1) is 16.7. The Morgan fingerprint density at radius 1 is 0.963 bits per heavy atom. The second kappa shape index (κ2) is 6.32. The summed E-state index contributed by atoms with van der Waals surface area (Å²) >= 11 is 0. The second-order valence-corrected chi connectivity index (χ2v) is 8.72. The van der Waals surface area contributed by atoms with Gasteiger partial charge in [-0.1, -0.05) is 0 Å². The molecule has 140 valence electrons. The Bertz CT molecular complexity index is 812. The fraction of sp³-hybridized carbons (Fsp3) is 0.455. The number of nitrogens with zero attached hydrogens (tertiary/aromatic N) is 1. The summed E-state index contributed by atoms with van der Waals surface area (Å²) in [5, 5.41) is 6.55. The molecule has 4 aliphatic carbocycles. The lowest BCUT2D eigenvalue weighted by molar-refractivity contribution is 0.0105. The average molecular weight is 365 g/mol. The Labute approximate surface area is 158 Å². The molecule has 4 nitrogen and oxygen atoms in total. The van der Waals surface area contributed by atoms with E-state index < -0.39 is 0 Å². The molecule has 0 unspecified atom stereocenters. The number of halogens is 1. The largest absolute Gasteiger partial charge is 0.365 e. The number of hydrogen-bond acceptors (Lipinski definition) is 3. The quantitative estimate of drug-likeness (QED) is 0.814. The van der Waals surface area contributed by atoms with Crippen molar-refractivity contribution in [1.29, 1.82) is 0 Å². The van der Waals surface area contributed by atoms with Gasteiger partial charge in [0.2, 0.25) is 0 Å². The third kappa shape index (κ3) is 3.31. The second-order valence-electron chi connectivity index (χ2n) is 8.72. The van der Waals surface area contributed by atoms with E-state index in [2.05, 4.69) is 15.6 Å². The number of carbonyl (C=O) groups excluding carboxylic acids is 1. The minimum absolute atomic E-state index is 0.223. The van der Waals surface area contributed by atoms with Crippen LogP contribution in [0, 0.1) is 23.6 Å². The van der Waals surface area contributed by atoms with Crippen molar-refractivity contribution in [2.75, 3.05) is 10.6 Å². The zero-order valence-corrected chi connectivity index (χ0v) is 15.2. The van der Waals surface area contributed by atoms with Crippen molar-refractivity contribution >= 4 is 17.4 Å². The van der Waals surface area contributed by atoms with Crippen LogP contribution in [0.3, 0.4) is 0 Å². The monoisotopic (exact) mass is 365 g/mol. The number of anilines is 2. The maximum atomic E-state index is 13.0. The number of carbonyl (C=O) groups is 1. The highest BCUT2D eigenvalue weighted by atomic mass is 19.1. The standard InChI is InChI=1S/C22H24FN3O/c23-18-3-1-17(2-4-18)21(27)25-19-5-6-20(24-13-19)26-22-10-14-7-15(11-22)9-16(8-14)12-22/h1-6,13-16H,7-12H2,(H,24,26)(H,25,27). The van der Waals surface area contributed by atoms with Gasteiger partial charge >= 0.3 is 0 Å². The molecule has 0 radical (unpaired) electrons. The van der Waals surface area contributed by atoms with Gasteiger partial charge < -0.3 is 10.6 Å². The first-order valence-electron chi connectivity index (χ1n) is 9.88. The lowest BCUT2D eigenvalue weighted by Gasteiger charge is -2.57. The Morgan fingerprint density at radius 3 is 2.15 bits per heavy atom. The van der Waals surface area contributed by atoms with Crippen LogP contribution < -0.4 is 10.6 Å². The molecule has 0 aliphatic heterocycles. The molecule has 1 heterocycles. The van der Waals surface area contributed by atoms with Crippen LogP contribution in [0.15, 0.2) is 42.6 Å². The van der Waals surface area contributed by atoms with Gasteiger partial charge in [0.15, 0.2) is 0 Å². The van der Waals surface area contributed by atoms with Crippen LogP contribution in [0.5, 0.6) is 0 Å².